The Labute approximate surface area is 169 Å². The molecule has 0 heterocycles. The molecular formula is C26H46O. The maximum atomic E-state index is 10.3. The lowest BCUT2D eigenvalue weighted by molar-refractivity contribution is -0.0362. The fourth-order valence-electron chi connectivity index (χ4n) is 9.04. The average Bonchev–Trinajstić information content (AvgIpc) is 3.09. The van der Waals surface area contributed by atoms with Crippen molar-refractivity contribution in [2.24, 2.45) is 52.3 Å². The summed E-state index contributed by atoms with van der Waals surface area (Å²) in [6.45, 7) is 12.6. The fourth-order valence-corrected chi connectivity index (χ4v) is 9.04. The van der Waals surface area contributed by atoms with E-state index in [1.54, 1.807) is 0 Å². The molecule has 4 fully saturated rings. The molecular weight excluding hydrogens is 328 g/mol. The maximum absolute atomic E-state index is 10.3. The average molecular weight is 375 g/mol. The molecule has 0 aromatic rings. The quantitative estimate of drug-likeness (QED) is 0.545. The second-order valence-corrected chi connectivity index (χ2v) is 12.3. The van der Waals surface area contributed by atoms with Gasteiger partial charge in [-0.3, -0.25) is 0 Å². The van der Waals surface area contributed by atoms with Crippen molar-refractivity contribution in [1.29, 1.82) is 0 Å². The molecule has 0 saturated heterocycles. The largest absolute Gasteiger partial charge is 0.393 e. The molecule has 0 aromatic carbocycles. The van der Waals surface area contributed by atoms with Crippen LogP contribution in [0.15, 0.2) is 0 Å². The van der Waals surface area contributed by atoms with Gasteiger partial charge in [-0.15, -0.1) is 0 Å². The predicted octanol–water partition coefficient (Wildman–Crippen LogP) is 7.08. The van der Waals surface area contributed by atoms with Gasteiger partial charge >= 0.3 is 0 Å². The summed E-state index contributed by atoms with van der Waals surface area (Å²) in [5.74, 6) is 6.46. The van der Waals surface area contributed by atoms with Crippen molar-refractivity contribution >= 4 is 0 Å². The van der Waals surface area contributed by atoms with Crippen molar-refractivity contribution in [2.75, 3.05) is 0 Å². The van der Waals surface area contributed by atoms with Crippen LogP contribution in [0.25, 0.3) is 0 Å². The molecule has 4 rings (SSSR count). The molecule has 0 aliphatic heterocycles. The van der Waals surface area contributed by atoms with Gasteiger partial charge in [-0.05, 0) is 104 Å². The van der Waals surface area contributed by atoms with Crippen LogP contribution >= 0.6 is 0 Å². The molecule has 0 spiro atoms. The van der Waals surface area contributed by atoms with Gasteiger partial charge < -0.3 is 5.11 Å². The molecule has 27 heavy (non-hydrogen) atoms. The van der Waals surface area contributed by atoms with Gasteiger partial charge in [-0.25, -0.2) is 0 Å². The topological polar surface area (TPSA) is 20.2 Å². The SMILES string of the molecule is CC(C)CCC[C@@H](C)[C@H]1CC[C@H]2[C@@H]3C[C@H]4C[C@@H](O)CC[C@]4(C)[C@H]3CC[C@]12C. The van der Waals surface area contributed by atoms with E-state index in [1.807, 2.05) is 0 Å². The van der Waals surface area contributed by atoms with Gasteiger partial charge in [0.2, 0.25) is 0 Å². The van der Waals surface area contributed by atoms with Gasteiger partial charge in [-0.2, -0.15) is 0 Å². The summed E-state index contributed by atoms with van der Waals surface area (Å²) in [6, 6.07) is 0. The number of fused-ring (bicyclic) bond motifs is 5. The lowest BCUT2D eigenvalue weighted by atomic mass is 9.53. The highest BCUT2D eigenvalue weighted by molar-refractivity contribution is 5.11. The van der Waals surface area contributed by atoms with E-state index in [4.69, 9.17) is 0 Å². The van der Waals surface area contributed by atoms with Crippen molar-refractivity contribution in [1.82, 2.24) is 0 Å². The van der Waals surface area contributed by atoms with E-state index >= 15 is 0 Å². The molecule has 4 saturated carbocycles. The van der Waals surface area contributed by atoms with E-state index in [0.717, 1.165) is 54.3 Å². The van der Waals surface area contributed by atoms with Crippen LogP contribution in [0, 0.1) is 52.3 Å². The van der Waals surface area contributed by atoms with Crippen molar-refractivity contribution in [3.05, 3.63) is 0 Å². The molecule has 4 aliphatic rings. The first-order chi connectivity index (χ1) is 12.8. The molecule has 4 aliphatic carbocycles. The summed E-state index contributed by atoms with van der Waals surface area (Å²) < 4.78 is 0. The van der Waals surface area contributed by atoms with Gasteiger partial charge in [0, 0.05) is 0 Å². The summed E-state index contributed by atoms with van der Waals surface area (Å²) in [7, 11) is 0. The zero-order chi connectivity index (χ0) is 19.4. The summed E-state index contributed by atoms with van der Waals surface area (Å²) >= 11 is 0. The zero-order valence-corrected chi connectivity index (χ0v) is 18.8. The van der Waals surface area contributed by atoms with Crippen molar-refractivity contribution in [2.45, 2.75) is 111 Å². The normalized spacial score (nSPS) is 50.3. The van der Waals surface area contributed by atoms with Crippen LogP contribution in [0.2, 0.25) is 0 Å². The Morgan fingerprint density at radius 3 is 2.30 bits per heavy atom. The lowest BCUT2D eigenvalue weighted by Crippen LogP contribution is -2.45. The Hall–Kier alpha value is -0.0400. The first kappa shape index (κ1) is 20.2. The second-order valence-electron chi connectivity index (χ2n) is 12.3. The Morgan fingerprint density at radius 2 is 1.56 bits per heavy atom. The van der Waals surface area contributed by atoms with Crippen LogP contribution in [-0.2, 0) is 0 Å². The Kier molecular flexibility index (Phi) is 5.50. The first-order valence-electron chi connectivity index (χ1n) is 12.4. The van der Waals surface area contributed by atoms with Crippen LogP contribution in [-0.4, -0.2) is 11.2 Å². The molecule has 0 radical (unpaired) electrons. The fraction of sp³-hybridized carbons (Fsp3) is 1.00. The van der Waals surface area contributed by atoms with E-state index in [9.17, 15) is 5.11 Å². The monoisotopic (exact) mass is 374 g/mol. The third kappa shape index (κ3) is 3.32. The smallest absolute Gasteiger partial charge is 0.0543 e. The zero-order valence-electron chi connectivity index (χ0n) is 18.8. The molecule has 0 amide bonds. The summed E-state index contributed by atoms with van der Waals surface area (Å²) in [5, 5.41) is 10.3. The molecule has 1 heteroatoms. The van der Waals surface area contributed by atoms with Crippen LogP contribution < -0.4 is 0 Å². The minimum atomic E-state index is -0.00748. The molecule has 9 atom stereocenters. The summed E-state index contributed by atoms with van der Waals surface area (Å²) in [5.41, 5.74) is 1.16. The highest BCUT2D eigenvalue weighted by Crippen LogP contribution is 2.70. The van der Waals surface area contributed by atoms with Crippen LogP contribution in [0.1, 0.15) is 105 Å². The number of hydrogen-bond acceptors (Lipinski definition) is 1. The summed E-state index contributed by atoms with van der Waals surface area (Å²) in [6.07, 6.45) is 15.1. The highest BCUT2D eigenvalue weighted by atomic mass is 16.3. The molecule has 156 valence electrons. The van der Waals surface area contributed by atoms with Gasteiger partial charge in [0.25, 0.3) is 0 Å². The third-order valence-electron chi connectivity index (χ3n) is 10.5. The van der Waals surface area contributed by atoms with Crippen LogP contribution in [0.5, 0.6) is 0 Å². The van der Waals surface area contributed by atoms with Crippen LogP contribution in [0.3, 0.4) is 0 Å². The third-order valence-corrected chi connectivity index (χ3v) is 10.5. The van der Waals surface area contributed by atoms with Crippen molar-refractivity contribution in [3.8, 4) is 0 Å². The van der Waals surface area contributed by atoms with Gasteiger partial charge in [0.15, 0.2) is 0 Å². The molecule has 0 aromatic heterocycles. The molecule has 1 N–H and O–H groups in total. The van der Waals surface area contributed by atoms with Crippen molar-refractivity contribution in [3.63, 3.8) is 0 Å². The summed E-state index contributed by atoms with van der Waals surface area (Å²) in [4.78, 5) is 0. The second kappa shape index (κ2) is 7.33. The van der Waals surface area contributed by atoms with Crippen molar-refractivity contribution < 1.29 is 5.11 Å². The minimum absolute atomic E-state index is 0.00748. The van der Waals surface area contributed by atoms with E-state index in [-0.39, 0.29) is 6.10 Å². The maximum Gasteiger partial charge on any atom is 0.0543 e. The molecule has 1 nitrogen and oxygen atoms in total. The standard InChI is InChI=1S/C26H46O/c1-17(2)7-6-8-18(3)22-9-10-23-21-16-19-15-20(27)11-13-25(19,4)24(21)12-14-26(22,23)5/h17-24,27H,6-16H2,1-5H3/t18-,19-,20+,21+,22-,23+,24+,25+,26-/m1/s1. The number of rotatable bonds is 5. The van der Waals surface area contributed by atoms with Gasteiger partial charge in [-0.1, -0.05) is 53.9 Å². The lowest BCUT2D eigenvalue weighted by Gasteiger charge is -2.51. The van der Waals surface area contributed by atoms with E-state index in [0.29, 0.717) is 10.8 Å². The highest BCUT2D eigenvalue weighted by Gasteiger charge is 2.62. The number of aliphatic hydroxyl groups excluding tert-OH is 1. The minimum Gasteiger partial charge on any atom is -0.393 e. The van der Waals surface area contributed by atoms with E-state index in [2.05, 4.69) is 34.6 Å². The van der Waals surface area contributed by atoms with Gasteiger partial charge in [0.05, 0.1) is 6.10 Å². The first-order valence-corrected chi connectivity index (χ1v) is 12.4. The van der Waals surface area contributed by atoms with Gasteiger partial charge in [0.1, 0.15) is 0 Å². The molecule has 0 bridgehead atoms. The Morgan fingerprint density at radius 1 is 0.852 bits per heavy atom. The Balaban J connectivity index is 1.46. The molecule has 0 unspecified atom stereocenters. The predicted molar refractivity (Wildman–Crippen MR) is 114 cm³/mol. The van der Waals surface area contributed by atoms with E-state index in [1.165, 1.54) is 57.8 Å². The van der Waals surface area contributed by atoms with Crippen LogP contribution in [0.4, 0.5) is 0 Å². The Bertz CT molecular complexity index is 526. The van der Waals surface area contributed by atoms with E-state index < -0.39 is 0 Å². The number of hydrogen-bond donors (Lipinski definition) is 1. The number of aliphatic hydroxyl groups is 1.